The van der Waals surface area contributed by atoms with Crippen LogP contribution in [-0.4, -0.2) is 69.5 Å². The first-order valence-electron chi connectivity index (χ1n) is 11.1. The van der Waals surface area contributed by atoms with Crippen molar-refractivity contribution in [2.45, 2.75) is 13.8 Å². The maximum Gasteiger partial charge on any atom is 0.340 e. The number of pyridine rings is 1. The first-order chi connectivity index (χ1) is 16.5. The highest BCUT2D eigenvalue weighted by Crippen LogP contribution is 2.29. The number of fused-ring (bicyclic) bond motifs is 3. The lowest BCUT2D eigenvalue weighted by atomic mass is 10.0. The quantitative estimate of drug-likeness (QED) is 0.448. The molecule has 0 radical (unpaired) electrons. The molecule has 4 aromatic rings. The van der Waals surface area contributed by atoms with E-state index in [4.69, 9.17) is 9.72 Å². The van der Waals surface area contributed by atoms with Crippen LogP contribution in [0, 0.1) is 0 Å². The fourth-order valence-corrected chi connectivity index (χ4v) is 4.34. The van der Waals surface area contributed by atoms with Gasteiger partial charge in [-0.05, 0) is 25.1 Å². The first kappa shape index (κ1) is 21.6. The lowest BCUT2D eigenvalue weighted by molar-refractivity contribution is -0.129. The summed E-state index contributed by atoms with van der Waals surface area (Å²) in [6.45, 7) is 6.14. The minimum atomic E-state index is -0.486. The average Bonchev–Trinajstić information content (AvgIpc) is 3.31. The van der Waals surface area contributed by atoms with Crippen LogP contribution in [0.1, 0.15) is 24.2 Å². The Morgan fingerprint density at radius 3 is 2.68 bits per heavy atom. The number of ether oxygens (including phenoxy) is 1. The zero-order valence-corrected chi connectivity index (χ0v) is 18.9. The number of carbonyl (C=O) groups is 2. The van der Waals surface area contributed by atoms with E-state index >= 15 is 0 Å². The molecule has 174 valence electrons. The van der Waals surface area contributed by atoms with Crippen molar-refractivity contribution in [1.82, 2.24) is 24.8 Å². The Labute approximate surface area is 194 Å². The van der Waals surface area contributed by atoms with Crippen molar-refractivity contribution in [3.8, 4) is 11.3 Å². The number of hydrogen-bond acceptors (Lipinski definition) is 7. The van der Waals surface area contributed by atoms with Gasteiger partial charge >= 0.3 is 5.97 Å². The van der Waals surface area contributed by atoms with Gasteiger partial charge in [0.1, 0.15) is 5.52 Å². The summed E-state index contributed by atoms with van der Waals surface area (Å²) in [5, 5.41) is 1.24. The third kappa shape index (κ3) is 3.76. The van der Waals surface area contributed by atoms with Gasteiger partial charge in [0.25, 0.3) is 5.56 Å². The molecule has 1 aromatic carbocycles. The maximum atomic E-state index is 12.5. The minimum absolute atomic E-state index is 0.0711. The van der Waals surface area contributed by atoms with Gasteiger partial charge in [0, 0.05) is 67.3 Å². The molecule has 1 fully saturated rings. The monoisotopic (exact) mass is 460 g/mol. The van der Waals surface area contributed by atoms with Crippen LogP contribution in [0.15, 0.2) is 41.5 Å². The van der Waals surface area contributed by atoms with Crippen molar-refractivity contribution in [1.29, 1.82) is 0 Å². The highest BCUT2D eigenvalue weighted by Gasteiger charge is 2.21. The molecule has 0 spiro atoms. The summed E-state index contributed by atoms with van der Waals surface area (Å²) >= 11 is 0. The molecule has 0 aliphatic carbocycles. The molecule has 0 bridgehead atoms. The lowest BCUT2D eigenvalue weighted by Crippen LogP contribution is -2.48. The van der Waals surface area contributed by atoms with Gasteiger partial charge in [-0.25, -0.2) is 14.8 Å². The molecule has 4 heterocycles. The molecule has 0 atom stereocenters. The van der Waals surface area contributed by atoms with E-state index in [1.165, 1.54) is 6.20 Å². The number of anilines is 1. The predicted molar refractivity (Wildman–Crippen MR) is 128 cm³/mol. The Hall–Kier alpha value is -4.21. The van der Waals surface area contributed by atoms with E-state index in [9.17, 15) is 14.4 Å². The van der Waals surface area contributed by atoms with Gasteiger partial charge in [0.15, 0.2) is 0 Å². The van der Waals surface area contributed by atoms with E-state index < -0.39 is 5.97 Å². The maximum absolute atomic E-state index is 12.5. The van der Waals surface area contributed by atoms with Gasteiger partial charge in [-0.2, -0.15) is 0 Å². The number of nitrogens with one attached hydrogen (secondary N) is 2. The van der Waals surface area contributed by atoms with E-state index in [-0.39, 0.29) is 18.1 Å². The zero-order valence-electron chi connectivity index (χ0n) is 18.9. The van der Waals surface area contributed by atoms with Crippen molar-refractivity contribution >= 4 is 39.6 Å². The number of rotatable bonds is 4. The van der Waals surface area contributed by atoms with Crippen LogP contribution in [0.3, 0.4) is 0 Å². The number of nitrogens with zero attached hydrogens (tertiary/aromatic N) is 4. The minimum Gasteiger partial charge on any atom is -0.462 e. The Morgan fingerprint density at radius 1 is 1.15 bits per heavy atom. The van der Waals surface area contributed by atoms with Crippen molar-refractivity contribution in [2.75, 3.05) is 37.7 Å². The van der Waals surface area contributed by atoms with Crippen LogP contribution in [0.4, 0.5) is 5.95 Å². The zero-order chi connectivity index (χ0) is 23.8. The summed E-state index contributed by atoms with van der Waals surface area (Å²) in [6.07, 6.45) is 3.22. The van der Waals surface area contributed by atoms with Gasteiger partial charge < -0.3 is 24.5 Å². The third-order valence-corrected chi connectivity index (χ3v) is 6.09. The number of benzene rings is 1. The SMILES string of the molecule is CCOC(=O)c1c[nH]c2c(=O)[nH]c3ccc(-c4ccnc(N5CCN(C(C)=O)CC5)n4)cc3c12. The van der Waals surface area contributed by atoms with Gasteiger partial charge in [-0.1, -0.05) is 6.07 Å². The average molecular weight is 460 g/mol. The van der Waals surface area contributed by atoms with Crippen molar-refractivity contribution in [3.05, 3.63) is 52.6 Å². The van der Waals surface area contributed by atoms with Crippen molar-refractivity contribution in [2.24, 2.45) is 0 Å². The topological polar surface area (TPSA) is 124 Å². The Bertz CT molecular complexity index is 1470. The molecular formula is C24H24N6O4. The van der Waals surface area contributed by atoms with Gasteiger partial charge in [-0.15, -0.1) is 0 Å². The normalized spacial score (nSPS) is 14.1. The van der Waals surface area contributed by atoms with E-state index in [2.05, 4.69) is 19.9 Å². The van der Waals surface area contributed by atoms with Crippen molar-refractivity contribution in [3.63, 3.8) is 0 Å². The summed E-state index contributed by atoms with van der Waals surface area (Å²) in [5.41, 5.74) is 2.48. The van der Waals surface area contributed by atoms with Gasteiger partial charge in [0.2, 0.25) is 11.9 Å². The molecule has 34 heavy (non-hydrogen) atoms. The fourth-order valence-electron chi connectivity index (χ4n) is 4.34. The number of hydrogen-bond donors (Lipinski definition) is 2. The van der Waals surface area contributed by atoms with E-state index in [1.54, 1.807) is 26.1 Å². The molecule has 1 amide bonds. The molecule has 10 nitrogen and oxygen atoms in total. The second-order valence-electron chi connectivity index (χ2n) is 8.12. The Balaban J connectivity index is 1.56. The number of H-pyrrole nitrogens is 2. The number of carbonyl (C=O) groups excluding carboxylic acids is 2. The van der Waals surface area contributed by atoms with Crippen molar-refractivity contribution < 1.29 is 14.3 Å². The summed E-state index contributed by atoms with van der Waals surface area (Å²) in [6, 6.07) is 7.41. The standard InChI is InChI=1S/C24H24N6O4/c1-3-34-23(33)17-13-26-21-20(17)16-12-15(4-5-19(16)27-22(21)32)18-6-7-25-24(28-18)30-10-8-29(9-11-30)14(2)31/h4-7,12-13,26H,3,8-11H2,1-2H3,(H,27,32). The smallest absolute Gasteiger partial charge is 0.340 e. The molecule has 5 rings (SSSR count). The number of amides is 1. The third-order valence-electron chi connectivity index (χ3n) is 6.09. The number of esters is 1. The van der Waals surface area contributed by atoms with Crippen LogP contribution in [0.5, 0.6) is 0 Å². The second-order valence-corrected chi connectivity index (χ2v) is 8.12. The van der Waals surface area contributed by atoms with E-state index in [1.807, 2.05) is 23.1 Å². The molecule has 0 unspecified atom stereocenters. The van der Waals surface area contributed by atoms with Crippen LogP contribution < -0.4 is 10.5 Å². The molecule has 1 aliphatic heterocycles. The van der Waals surface area contributed by atoms with Crippen LogP contribution >= 0.6 is 0 Å². The highest BCUT2D eigenvalue weighted by atomic mass is 16.5. The lowest BCUT2D eigenvalue weighted by Gasteiger charge is -2.34. The number of aromatic nitrogens is 4. The summed E-state index contributed by atoms with van der Waals surface area (Å²) in [7, 11) is 0. The van der Waals surface area contributed by atoms with E-state index in [0.717, 1.165) is 5.56 Å². The molecule has 0 saturated carbocycles. The number of aromatic amines is 2. The van der Waals surface area contributed by atoms with Crippen LogP contribution in [0.2, 0.25) is 0 Å². The summed E-state index contributed by atoms with van der Waals surface area (Å²) in [5.74, 6) is 0.183. The second kappa shape index (κ2) is 8.62. The predicted octanol–water partition coefficient (Wildman–Crippen LogP) is 2.31. The number of piperazine rings is 1. The molecule has 3 aromatic heterocycles. The van der Waals surface area contributed by atoms with Crippen LogP contribution in [0.25, 0.3) is 33.1 Å². The molecule has 2 N–H and O–H groups in total. The van der Waals surface area contributed by atoms with Gasteiger partial charge in [0.05, 0.1) is 17.9 Å². The summed E-state index contributed by atoms with van der Waals surface area (Å²) < 4.78 is 5.18. The molecular weight excluding hydrogens is 436 g/mol. The fraction of sp³-hybridized carbons (Fsp3) is 0.292. The molecule has 1 aliphatic rings. The highest BCUT2D eigenvalue weighted by molar-refractivity contribution is 6.15. The Morgan fingerprint density at radius 2 is 1.94 bits per heavy atom. The largest absolute Gasteiger partial charge is 0.462 e. The molecule has 10 heteroatoms. The van der Waals surface area contributed by atoms with Gasteiger partial charge in [-0.3, -0.25) is 9.59 Å². The molecule has 1 saturated heterocycles. The summed E-state index contributed by atoms with van der Waals surface area (Å²) in [4.78, 5) is 55.5. The Kier molecular flexibility index (Phi) is 5.48. The van der Waals surface area contributed by atoms with E-state index in [0.29, 0.717) is 65.2 Å². The first-order valence-corrected chi connectivity index (χ1v) is 11.1. The van der Waals surface area contributed by atoms with Crippen LogP contribution in [-0.2, 0) is 9.53 Å².